The van der Waals surface area contributed by atoms with Crippen LogP contribution in [0.1, 0.15) is 27.2 Å². The van der Waals surface area contributed by atoms with Crippen LogP contribution in [-0.2, 0) is 4.74 Å². The van der Waals surface area contributed by atoms with E-state index < -0.39 is 5.60 Å². The molecule has 3 heterocycles. The quantitative estimate of drug-likeness (QED) is 0.781. The van der Waals surface area contributed by atoms with E-state index >= 15 is 0 Å². The van der Waals surface area contributed by atoms with Gasteiger partial charge in [-0.15, -0.1) is 0 Å². The fraction of sp³-hybridized carbons (Fsp3) is 0.643. The molecule has 0 unspecified atom stereocenters. The molecule has 20 heavy (non-hydrogen) atoms. The monoisotopic (exact) mass is 276 g/mol. The highest BCUT2D eigenvalue weighted by Gasteiger charge is 2.46. The molecule has 3 rings (SSSR count). The molecule has 0 aliphatic carbocycles. The zero-order valence-corrected chi connectivity index (χ0v) is 12.1. The minimum Gasteiger partial charge on any atom is -0.444 e. The van der Waals surface area contributed by atoms with Gasteiger partial charge in [-0.25, -0.2) is 9.78 Å². The van der Waals surface area contributed by atoms with Crippen LogP contribution in [0.15, 0.2) is 18.6 Å². The highest BCUT2D eigenvalue weighted by molar-refractivity contribution is 5.70. The molecule has 108 valence electrons. The highest BCUT2D eigenvalue weighted by atomic mass is 16.6. The third-order valence-electron chi connectivity index (χ3n) is 3.71. The van der Waals surface area contributed by atoms with Crippen molar-refractivity contribution < 1.29 is 9.53 Å². The maximum Gasteiger partial charge on any atom is 0.410 e. The van der Waals surface area contributed by atoms with Crippen molar-refractivity contribution in [3.05, 3.63) is 18.6 Å². The molecule has 6 nitrogen and oxygen atoms in total. The lowest BCUT2D eigenvalue weighted by atomic mass is 10.2. The molecule has 2 atom stereocenters. The van der Waals surface area contributed by atoms with Gasteiger partial charge in [-0.05, 0) is 27.2 Å². The zero-order chi connectivity index (χ0) is 14.3. The number of carbonyl (C=O) groups is 1. The third-order valence-corrected chi connectivity index (χ3v) is 3.71. The second kappa shape index (κ2) is 4.61. The van der Waals surface area contributed by atoms with Crippen molar-refractivity contribution >= 4 is 11.9 Å². The number of hydrogen-bond acceptors (Lipinski definition) is 5. The molecule has 0 spiro atoms. The predicted molar refractivity (Wildman–Crippen MR) is 74.5 cm³/mol. The molecule has 0 N–H and O–H groups in total. The minimum atomic E-state index is -0.441. The Morgan fingerprint density at radius 3 is 2.65 bits per heavy atom. The van der Waals surface area contributed by atoms with Crippen LogP contribution in [0.25, 0.3) is 0 Å². The topological polar surface area (TPSA) is 58.6 Å². The molecule has 2 bridgehead atoms. The van der Waals surface area contributed by atoms with Crippen LogP contribution in [0, 0.1) is 0 Å². The smallest absolute Gasteiger partial charge is 0.410 e. The fourth-order valence-corrected chi connectivity index (χ4v) is 2.93. The van der Waals surface area contributed by atoms with Crippen LogP contribution in [-0.4, -0.2) is 51.7 Å². The summed E-state index contributed by atoms with van der Waals surface area (Å²) in [6.45, 7) is 7.19. The van der Waals surface area contributed by atoms with Gasteiger partial charge in [-0.2, -0.15) is 0 Å². The molecule has 6 heteroatoms. The van der Waals surface area contributed by atoms with Gasteiger partial charge >= 0.3 is 6.09 Å². The molecule has 2 aliphatic rings. The second-order valence-corrected chi connectivity index (χ2v) is 6.39. The van der Waals surface area contributed by atoms with Crippen LogP contribution in [0.3, 0.4) is 0 Å². The summed E-state index contributed by atoms with van der Waals surface area (Å²) in [5.74, 6) is 0.892. The van der Waals surface area contributed by atoms with Gasteiger partial charge in [-0.1, -0.05) is 0 Å². The number of fused-ring (bicyclic) bond motifs is 2. The van der Waals surface area contributed by atoms with Crippen LogP contribution >= 0.6 is 0 Å². The summed E-state index contributed by atoms with van der Waals surface area (Å²) in [4.78, 5) is 24.7. The Bertz CT molecular complexity index is 500. The van der Waals surface area contributed by atoms with E-state index in [2.05, 4.69) is 14.9 Å². The lowest BCUT2D eigenvalue weighted by Gasteiger charge is -2.35. The van der Waals surface area contributed by atoms with E-state index in [0.717, 1.165) is 18.8 Å². The van der Waals surface area contributed by atoms with Crippen LogP contribution in [0.4, 0.5) is 10.6 Å². The molecular formula is C14H20N4O2. The van der Waals surface area contributed by atoms with Crippen LogP contribution in [0.2, 0.25) is 0 Å². The predicted octanol–water partition coefficient (Wildman–Crippen LogP) is 1.67. The van der Waals surface area contributed by atoms with E-state index in [4.69, 9.17) is 4.74 Å². The molecule has 1 aromatic heterocycles. The summed E-state index contributed by atoms with van der Waals surface area (Å²) < 4.78 is 5.46. The molecule has 1 aromatic rings. The third kappa shape index (κ3) is 2.42. The standard InChI is InChI=1S/C14H20N4O2/c1-14(2,3)20-13(19)18-9-10-6-11(18)8-17(10)12-7-15-4-5-16-12/h4-5,7,10-11H,6,8-9H2,1-3H3/t10-,11-/m0/s1. The van der Waals surface area contributed by atoms with Crippen molar-refractivity contribution in [3.8, 4) is 0 Å². The van der Waals surface area contributed by atoms with Gasteiger partial charge < -0.3 is 14.5 Å². The number of amides is 1. The Morgan fingerprint density at radius 1 is 1.30 bits per heavy atom. The first-order valence-electron chi connectivity index (χ1n) is 6.96. The lowest BCUT2D eigenvalue weighted by molar-refractivity contribution is 0.0214. The number of piperazine rings is 1. The summed E-state index contributed by atoms with van der Waals surface area (Å²) in [7, 11) is 0. The molecule has 2 aliphatic heterocycles. The summed E-state index contributed by atoms with van der Waals surface area (Å²) in [6, 6.07) is 0.543. The fourth-order valence-electron chi connectivity index (χ4n) is 2.93. The number of ether oxygens (including phenoxy) is 1. The maximum atomic E-state index is 12.2. The van der Waals surface area contributed by atoms with E-state index in [1.165, 1.54) is 0 Å². The van der Waals surface area contributed by atoms with E-state index in [0.29, 0.717) is 12.6 Å². The molecule has 2 fully saturated rings. The average molecular weight is 276 g/mol. The first kappa shape index (κ1) is 13.1. The summed E-state index contributed by atoms with van der Waals surface area (Å²) in [5.41, 5.74) is -0.441. The van der Waals surface area contributed by atoms with Gasteiger partial charge in [0.25, 0.3) is 0 Å². The first-order valence-corrected chi connectivity index (χ1v) is 6.96. The number of hydrogen-bond donors (Lipinski definition) is 0. The van der Waals surface area contributed by atoms with Crippen molar-refractivity contribution in [2.24, 2.45) is 0 Å². The van der Waals surface area contributed by atoms with Crippen LogP contribution < -0.4 is 4.90 Å². The number of likely N-dealkylation sites (tertiary alicyclic amines) is 1. The normalized spacial score (nSPS) is 25.1. The van der Waals surface area contributed by atoms with Crippen molar-refractivity contribution in [2.75, 3.05) is 18.0 Å². The SMILES string of the molecule is CC(C)(C)OC(=O)N1C[C@@H]2C[C@H]1CN2c1cnccn1. The zero-order valence-electron chi connectivity index (χ0n) is 12.1. The lowest BCUT2D eigenvalue weighted by Crippen LogP contribution is -2.50. The first-order chi connectivity index (χ1) is 9.44. The number of anilines is 1. The Hall–Kier alpha value is -1.85. The molecule has 1 amide bonds. The number of carbonyl (C=O) groups excluding carboxylic acids is 1. The molecule has 2 saturated heterocycles. The van der Waals surface area contributed by atoms with Crippen molar-refractivity contribution in [2.45, 2.75) is 44.9 Å². The van der Waals surface area contributed by atoms with E-state index in [9.17, 15) is 4.79 Å². The van der Waals surface area contributed by atoms with Gasteiger partial charge in [0.2, 0.25) is 0 Å². The molecular weight excluding hydrogens is 256 g/mol. The Labute approximate surface area is 118 Å². The highest BCUT2D eigenvalue weighted by Crippen LogP contribution is 2.34. The van der Waals surface area contributed by atoms with Crippen molar-refractivity contribution in [3.63, 3.8) is 0 Å². The average Bonchev–Trinajstić information content (AvgIpc) is 2.97. The van der Waals surface area contributed by atoms with E-state index in [1.54, 1.807) is 18.6 Å². The molecule has 0 radical (unpaired) electrons. The number of rotatable bonds is 1. The molecule has 0 saturated carbocycles. The van der Waals surface area contributed by atoms with E-state index in [-0.39, 0.29) is 12.1 Å². The largest absolute Gasteiger partial charge is 0.444 e. The molecule has 0 aromatic carbocycles. The summed E-state index contributed by atoms with van der Waals surface area (Å²) in [5, 5.41) is 0. The van der Waals surface area contributed by atoms with Crippen molar-refractivity contribution in [1.29, 1.82) is 0 Å². The summed E-state index contributed by atoms with van der Waals surface area (Å²) >= 11 is 0. The van der Waals surface area contributed by atoms with Crippen molar-refractivity contribution in [1.82, 2.24) is 14.9 Å². The maximum absolute atomic E-state index is 12.2. The Kier molecular flexibility index (Phi) is 3.03. The van der Waals surface area contributed by atoms with E-state index in [1.807, 2.05) is 25.7 Å². The number of nitrogens with zero attached hydrogens (tertiary/aromatic N) is 4. The van der Waals surface area contributed by atoms with Gasteiger partial charge in [0.1, 0.15) is 11.4 Å². The van der Waals surface area contributed by atoms with Gasteiger partial charge in [0.05, 0.1) is 18.3 Å². The second-order valence-electron chi connectivity index (χ2n) is 6.39. The number of aromatic nitrogens is 2. The Morgan fingerprint density at radius 2 is 2.10 bits per heavy atom. The van der Waals surface area contributed by atoms with Crippen LogP contribution in [0.5, 0.6) is 0 Å². The van der Waals surface area contributed by atoms with Gasteiger partial charge in [0, 0.05) is 25.5 Å². The summed E-state index contributed by atoms with van der Waals surface area (Å²) in [6.07, 6.45) is 5.93. The minimum absolute atomic E-state index is 0.205. The van der Waals surface area contributed by atoms with Gasteiger partial charge in [0.15, 0.2) is 0 Å². The van der Waals surface area contributed by atoms with Gasteiger partial charge in [-0.3, -0.25) is 4.98 Å². The Balaban J connectivity index is 1.66.